The molecule has 1 heterocycles. The first-order valence-electron chi connectivity index (χ1n) is 10.1. The Hall–Kier alpha value is -2.31. The van der Waals surface area contributed by atoms with Crippen molar-refractivity contribution in [3.63, 3.8) is 0 Å². The molecule has 29 heavy (non-hydrogen) atoms. The molecule has 1 aliphatic heterocycles. The van der Waals surface area contributed by atoms with Gasteiger partial charge in [-0.25, -0.2) is 0 Å². The Bertz CT molecular complexity index is 790. The summed E-state index contributed by atoms with van der Waals surface area (Å²) in [5.74, 6) is 0.179. The molecule has 5 nitrogen and oxygen atoms in total. The summed E-state index contributed by atoms with van der Waals surface area (Å²) < 4.78 is 0. The van der Waals surface area contributed by atoms with Crippen molar-refractivity contribution in [2.75, 3.05) is 32.7 Å². The molecule has 0 saturated carbocycles. The number of thioether (sulfide) groups is 1. The van der Waals surface area contributed by atoms with Crippen LogP contribution in [-0.4, -0.2) is 60.4 Å². The highest BCUT2D eigenvalue weighted by Gasteiger charge is 2.29. The van der Waals surface area contributed by atoms with Crippen LogP contribution in [0.4, 0.5) is 0 Å². The topological polar surface area (TPSA) is 52.7 Å². The average Bonchev–Trinajstić information content (AvgIpc) is 2.73. The normalized spacial score (nSPS) is 15.9. The summed E-state index contributed by atoms with van der Waals surface area (Å²) in [7, 11) is 0. The number of carbonyl (C=O) groups excluding carboxylic acids is 2. The fourth-order valence-corrected chi connectivity index (χ4v) is 4.52. The monoisotopic (exact) mass is 411 g/mol. The van der Waals surface area contributed by atoms with Crippen molar-refractivity contribution in [1.82, 2.24) is 15.1 Å². The zero-order valence-electron chi connectivity index (χ0n) is 17.1. The lowest BCUT2D eigenvalue weighted by molar-refractivity contribution is -0.132. The Labute approximate surface area is 177 Å². The fourth-order valence-electron chi connectivity index (χ4n) is 3.39. The van der Waals surface area contributed by atoms with Crippen LogP contribution in [0.1, 0.15) is 24.7 Å². The van der Waals surface area contributed by atoms with Crippen LogP contribution in [0.5, 0.6) is 0 Å². The van der Waals surface area contributed by atoms with Gasteiger partial charge >= 0.3 is 0 Å². The lowest BCUT2D eigenvalue weighted by Crippen LogP contribution is -2.52. The predicted octanol–water partition coefficient (Wildman–Crippen LogP) is 3.19. The number of nitrogens with zero attached hydrogens (tertiary/aromatic N) is 2. The zero-order chi connectivity index (χ0) is 20.6. The van der Waals surface area contributed by atoms with Gasteiger partial charge in [0.15, 0.2) is 0 Å². The molecule has 1 fully saturated rings. The highest BCUT2D eigenvalue weighted by Crippen LogP contribution is 2.36. The number of amides is 2. The lowest BCUT2D eigenvalue weighted by Gasteiger charge is -2.36. The fraction of sp³-hybridized carbons (Fsp3) is 0.391. The van der Waals surface area contributed by atoms with E-state index in [1.807, 2.05) is 79.4 Å². The van der Waals surface area contributed by atoms with Crippen LogP contribution >= 0.6 is 11.8 Å². The molecule has 0 aliphatic carbocycles. The third-order valence-corrected chi connectivity index (χ3v) is 6.08. The Morgan fingerprint density at radius 1 is 0.931 bits per heavy atom. The van der Waals surface area contributed by atoms with Crippen molar-refractivity contribution >= 4 is 23.6 Å². The second-order valence-electron chi connectivity index (χ2n) is 7.55. The molecule has 1 aliphatic rings. The second-order valence-corrected chi connectivity index (χ2v) is 8.72. The molecule has 1 saturated heterocycles. The van der Waals surface area contributed by atoms with Crippen LogP contribution in [0.25, 0.3) is 0 Å². The number of hydrogen-bond donors (Lipinski definition) is 1. The maximum absolute atomic E-state index is 13.4. The number of carbonyl (C=O) groups is 2. The summed E-state index contributed by atoms with van der Waals surface area (Å²) in [6.07, 6.45) is 0. The molecule has 1 unspecified atom stereocenters. The maximum Gasteiger partial charge on any atom is 0.240 e. The van der Waals surface area contributed by atoms with Crippen LogP contribution in [0.2, 0.25) is 0 Å². The minimum absolute atomic E-state index is 0.0431. The lowest BCUT2D eigenvalue weighted by atomic mass is 10.1. The minimum atomic E-state index is -0.269. The smallest absolute Gasteiger partial charge is 0.240 e. The van der Waals surface area contributed by atoms with Crippen molar-refractivity contribution < 1.29 is 9.59 Å². The predicted molar refractivity (Wildman–Crippen MR) is 118 cm³/mol. The molecular formula is C23H29N3O2S. The SMILES string of the molecule is CC(C)NC(=O)CN1CCN(C(=O)C(Sc2ccccc2)c2ccccc2)CC1. The molecule has 2 aromatic rings. The number of hydrogen-bond acceptors (Lipinski definition) is 4. The zero-order valence-corrected chi connectivity index (χ0v) is 17.9. The molecule has 0 bridgehead atoms. The van der Waals surface area contributed by atoms with Crippen molar-refractivity contribution in [3.8, 4) is 0 Å². The second kappa shape index (κ2) is 10.5. The van der Waals surface area contributed by atoms with E-state index in [4.69, 9.17) is 0 Å². The molecule has 154 valence electrons. The standard InChI is InChI=1S/C23H29N3O2S/c1-18(2)24-21(27)17-25-13-15-26(16-14-25)23(28)22(19-9-5-3-6-10-19)29-20-11-7-4-8-12-20/h3-12,18,22H,13-17H2,1-2H3,(H,24,27). The number of benzene rings is 2. The first-order chi connectivity index (χ1) is 14.0. The van der Waals surface area contributed by atoms with Crippen LogP contribution in [0, 0.1) is 0 Å². The molecule has 1 N–H and O–H groups in total. The molecule has 6 heteroatoms. The summed E-state index contributed by atoms with van der Waals surface area (Å²) in [6.45, 7) is 7.04. The van der Waals surface area contributed by atoms with Crippen molar-refractivity contribution in [2.45, 2.75) is 30.0 Å². The third-order valence-electron chi connectivity index (χ3n) is 4.82. The molecule has 0 aromatic heterocycles. The van der Waals surface area contributed by atoms with Gasteiger partial charge in [0.05, 0.1) is 6.54 Å². The number of rotatable bonds is 7. The summed E-state index contributed by atoms with van der Waals surface area (Å²) >= 11 is 1.59. The molecular weight excluding hydrogens is 382 g/mol. The molecule has 2 aromatic carbocycles. The summed E-state index contributed by atoms with van der Waals surface area (Å²) in [5.41, 5.74) is 1.02. The van der Waals surface area contributed by atoms with Crippen LogP contribution in [0.3, 0.4) is 0 Å². The van der Waals surface area contributed by atoms with E-state index in [1.165, 1.54) is 0 Å². The van der Waals surface area contributed by atoms with E-state index in [-0.39, 0.29) is 23.1 Å². The van der Waals surface area contributed by atoms with E-state index in [1.54, 1.807) is 11.8 Å². The van der Waals surface area contributed by atoms with Gasteiger partial charge in [-0.05, 0) is 31.5 Å². The Kier molecular flexibility index (Phi) is 7.72. The largest absolute Gasteiger partial charge is 0.353 e. The number of piperazine rings is 1. The highest BCUT2D eigenvalue weighted by molar-refractivity contribution is 8.00. The minimum Gasteiger partial charge on any atom is -0.353 e. The van der Waals surface area contributed by atoms with E-state index in [0.29, 0.717) is 19.6 Å². The first-order valence-corrected chi connectivity index (χ1v) is 11.0. The maximum atomic E-state index is 13.4. The van der Waals surface area contributed by atoms with Gasteiger partial charge < -0.3 is 10.2 Å². The molecule has 2 amide bonds. The Morgan fingerprint density at radius 3 is 2.10 bits per heavy atom. The highest BCUT2D eigenvalue weighted by atomic mass is 32.2. The number of nitrogens with one attached hydrogen (secondary N) is 1. The van der Waals surface area contributed by atoms with Crippen molar-refractivity contribution in [2.24, 2.45) is 0 Å². The molecule has 0 radical (unpaired) electrons. The summed E-state index contributed by atoms with van der Waals surface area (Å²) in [4.78, 5) is 30.5. The first kappa shape index (κ1) is 21.4. The Morgan fingerprint density at radius 2 is 1.52 bits per heavy atom. The van der Waals surface area contributed by atoms with Crippen molar-refractivity contribution in [1.29, 1.82) is 0 Å². The Balaban J connectivity index is 1.64. The van der Waals surface area contributed by atoms with E-state index in [2.05, 4.69) is 10.2 Å². The molecule has 3 rings (SSSR count). The van der Waals surface area contributed by atoms with Gasteiger partial charge in [0.25, 0.3) is 0 Å². The van der Waals surface area contributed by atoms with Gasteiger partial charge in [0.2, 0.25) is 11.8 Å². The van der Waals surface area contributed by atoms with Crippen LogP contribution in [-0.2, 0) is 9.59 Å². The third kappa shape index (κ3) is 6.34. The van der Waals surface area contributed by atoms with E-state index in [0.717, 1.165) is 23.5 Å². The van der Waals surface area contributed by atoms with Crippen LogP contribution in [0.15, 0.2) is 65.6 Å². The van der Waals surface area contributed by atoms with E-state index < -0.39 is 0 Å². The van der Waals surface area contributed by atoms with E-state index in [9.17, 15) is 9.59 Å². The van der Waals surface area contributed by atoms with Gasteiger partial charge in [0, 0.05) is 37.1 Å². The van der Waals surface area contributed by atoms with Gasteiger partial charge in [-0.2, -0.15) is 0 Å². The molecule has 0 spiro atoms. The van der Waals surface area contributed by atoms with Gasteiger partial charge in [0.1, 0.15) is 5.25 Å². The summed E-state index contributed by atoms with van der Waals surface area (Å²) in [5, 5.41) is 2.66. The average molecular weight is 412 g/mol. The quantitative estimate of drug-likeness (QED) is 0.711. The van der Waals surface area contributed by atoms with Gasteiger partial charge in [-0.1, -0.05) is 48.5 Å². The van der Waals surface area contributed by atoms with Gasteiger partial charge in [-0.3, -0.25) is 14.5 Å². The summed E-state index contributed by atoms with van der Waals surface area (Å²) in [6, 6.07) is 20.2. The van der Waals surface area contributed by atoms with E-state index >= 15 is 0 Å². The molecule has 1 atom stereocenters. The van der Waals surface area contributed by atoms with Crippen molar-refractivity contribution in [3.05, 3.63) is 66.2 Å². The van der Waals surface area contributed by atoms with Crippen LogP contribution < -0.4 is 5.32 Å². The van der Waals surface area contributed by atoms with Gasteiger partial charge in [-0.15, -0.1) is 11.8 Å².